The summed E-state index contributed by atoms with van der Waals surface area (Å²) < 4.78 is 27.0. The van der Waals surface area contributed by atoms with Gasteiger partial charge in [-0.3, -0.25) is 0 Å². The summed E-state index contributed by atoms with van der Waals surface area (Å²) >= 11 is 0. The standard InChI is InChI=1S/C14H15F2N3/c1-4-17-14-9(3)8(2)13(18-19-14)11-7-10(15)5-6-12(11)16/h5-7H,4H2,1-3H3,(H,17,19). The molecule has 19 heavy (non-hydrogen) atoms. The first-order chi connectivity index (χ1) is 9.04. The van der Waals surface area contributed by atoms with Crippen LogP contribution in [0.3, 0.4) is 0 Å². The van der Waals surface area contributed by atoms with Gasteiger partial charge in [-0.15, -0.1) is 10.2 Å². The van der Waals surface area contributed by atoms with E-state index in [1.54, 1.807) is 0 Å². The van der Waals surface area contributed by atoms with Crippen molar-refractivity contribution in [2.75, 3.05) is 11.9 Å². The van der Waals surface area contributed by atoms with E-state index in [0.29, 0.717) is 11.5 Å². The molecule has 0 amide bonds. The largest absolute Gasteiger partial charge is 0.369 e. The number of anilines is 1. The van der Waals surface area contributed by atoms with E-state index in [9.17, 15) is 8.78 Å². The molecule has 1 heterocycles. The van der Waals surface area contributed by atoms with Gasteiger partial charge < -0.3 is 5.32 Å². The lowest BCUT2D eigenvalue weighted by Crippen LogP contribution is -2.06. The Morgan fingerprint density at radius 2 is 1.84 bits per heavy atom. The van der Waals surface area contributed by atoms with Crippen LogP contribution in [0.25, 0.3) is 11.3 Å². The van der Waals surface area contributed by atoms with Crippen molar-refractivity contribution < 1.29 is 8.78 Å². The first-order valence-corrected chi connectivity index (χ1v) is 6.07. The average Bonchev–Trinajstić information content (AvgIpc) is 2.39. The van der Waals surface area contributed by atoms with Crippen molar-refractivity contribution in [3.8, 4) is 11.3 Å². The molecule has 0 aliphatic carbocycles. The molecule has 0 unspecified atom stereocenters. The van der Waals surface area contributed by atoms with E-state index >= 15 is 0 Å². The second-order valence-corrected chi connectivity index (χ2v) is 4.30. The van der Waals surface area contributed by atoms with Crippen LogP contribution in [0.5, 0.6) is 0 Å². The Bertz CT molecular complexity index is 612. The molecule has 0 aliphatic heterocycles. The Balaban J connectivity index is 2.57. The lowest BCUT2D eigenvalue weighted by atomic mass is 10.0. The smallest absolute Gasteiger partial charge is 0.151 e. The fourth-order valence-corrected chi connectivity index (χ4v) is 1.88. The highest BCUT2D eigenvalue weighted by Crippen LogP contribution is 2.28. The molecule has 0 atom stereocenters. The number of halogens is 2. The van der Waals surface area contributed by atoms with E-state index in [4.69, 9.17) is 0 Å². The molecule has 3 nitrogen and oxygen atoms in total. The Hall–Kier alpha value is -2.04. The van der Waals surface area contributed by atoms with E-state index in [1.807, 2.05) is 20.8 Å². The Morgan fingerprint density at radius 1 is 1.11 bits per heavy atom. The maximum atomic E-state index is 13.8. The number of aromatic nitrogens is 2. The van der Waals surface area contributed by atoms with Crippen molar-refractivity contribution in [2.24, 2.45) is 0 Å². The predicted octanol–water partition coefficient (Wildman–Crippen LogP) is 3.47. The molecule has 0 fully saturated rings. The van der Waals surface area contributed by atoms with Crippen LogP contribution in [0.2, 0.25) is 0 Å². The minimum Gasteiger partial charge on any atom is -0.369 e. The maximum Gasteiger partial charge on any atom is 0.151 e. The topological polar surface area (TPSA) is 37.8 Å². The van der Waals surface area contributed by atoms with Gasteiger partial charge in [0.15, 0.2) is 5.82 Å². The van der Waals surface area contributed by atoms with E-state index in [2.05, 4.69) is 15.5 Å². The van der Waals surface area contributed by atoms with Crippen molar-refractivity contribution in [2.45, 2.75) is 20.8 Å². The van der Waals surface area contributed by atoms with Gasteiger partial charge in [-0.05, 0) is 50.1 Å². The Labute approximate surface area is 110 Å². The first-order valence-electron chi connectivity index (χ1n) is 6.07. The van der Waals surface area contributed by atoms with Crippen molar-refractivity contribution in [3.63, 3.8) is 0 Å². The summed E-state index contributed by atoms with van der Waals surface area (Å²) in [5, 5.41) is 11.1. The minimum absolute atomic E-state index is 0.135. The third-order valence-corrected chi connectivity index (χ3v) is 3.05. The van der Waals surface area contributed by atoms with Crippen molar-refractivity contribution in [1.29, 1.82) is 0 Å². The fraction of sp³-hybridized carbons (Fsp3) is 0.286. The summed E-state index contributed by atoms with van der Waals surface area (Å²) in [6, 6.07) is 3.32. The number of rotatable bonds is 3. The molecule has 1 aromatic carbocycles. The Kier molecular flexibility index (Phi) is 3.74. The van der Waals surface area contributed by atoms with E-state index in [1.165, 1.54) is 0 Å². The number of hydrogen-bond donors (Lipinski definition) is 1. The van der Waals surface area contributed by atoms with E-state index in [0.717, 1.165) is 35.9 Å². The van der Waals surface area contributed by atoms with Crippen LogP contribution < -0.4 is 5.32 Å². The van der Waals surface area contributed by atoms with Gasteiger partial charge in [0.2, 0.25) is 0 Å². The predicted molar refractivity (Wildman–Crippen MR) is 71.0 cm³/mol. The van der Waals surface area contributed by atoms with Crippen LogP contribution in [0.15, 0.2) is 18.2 Å². The van der Waals surface area contributed by atoms with Gasteiger partial charge in [-0.2, -0.15) is 0 Å². The first kappa shape index (κ1) is 13.4. The van der Waals surface area contributed by atoms with Crippen LogP contribution in [0, 0.1) is 25.5 Å². The summed E-state index contributed by atoms with van der Waals surface area (Å²) in [5.74, 6) is -0.332. The van der Waals surface area contributed by atoms with Crippen molar-refractivity contribution >= 4 is 5.82 Å². The molecule has 0 saturated heterocycles. The van der Waals surface area contributed by atoms with E-state index < -0.39 is 11.6 Å². The van der Waals surface area contributed by atoms with Crippen LogP contribution >= 0.6 is 0 Å². The van der Waals surface area contributed by atoms with Gasteiger partial charge in [0.05, 0.1) is 5.69 Å². The lowest BCUT2D eigenvalue weighted by molar-refractivity contribution is 0.602. The molecule has 0 bridgehead atoms. The molecular formula is C14H15F2N3. The summed E-state index contributed by atoms with van der Waals surface area (Å²) in [6.07, 6.45) is 0. The molecule has 0 spiro atoms. The molecule has 0 saturated carbocycles. The average molecular weight is 263 g/mol. The number of hydrogen-bond acceptors (Lipinski definition) is 3. The molecular weight excluding hydrogens is 248 g/mol. The van der Waals surface area contributed by atoms with E-state index in [-0.39, 0.29) is 5.56 Å². The van der Waals surface area contributed by atoms with Gasteiger partial charge in [-0.25, -0.2) is 8.78 Å². The van der Waals surface area contributed by atoms with Crippen LogP contribution in [0.4, 0.5) is 14.6 Å². The zero-order valence-corrected chi connectivity index (χ0v) is 11.1. The monoisotopic (exact) mass is 263 g/mol. The van der Waals surface area contributed by atoms with Crippen molar-refractivity contribution in [3.05, 3.63) is 41.0 Å². The molecule has 0 aliphatic rings. The fourth-order valence-electron chi connectivity index (χ4n) is 1.88. The summed E-state index contributed by atoms with van der Waals surface area (Å²) in [6.45, 7) is 6.38. The molecule has 2 aromatic rings. The highest BCUT2D eigenvalue weighted by Gasteiger charge is 2.15. The second kappa shape index (κ2) is 5.30. The zero-order chi connectivity index (χ0) is 14.0. The van der Waals surface area contributed by atoms with Gasteiger partial charge >= 0.3 is 0 Å². The van der Waals surface area contributed by atoms with Gasteiger partial charge in [0, 0.05) is 12.1 Å². The van der Waals surface area contributed by atoms with Crippen LogP contribution in [0.1, 0.15) is 18.1 Å². The van der Waals surface area contributed by atoms with Gasteiger partial charge in [-0.1, -0.05) is 0 Å². The zero-order valence-electron chi connectivity index (χ0n) is 11.1. The summed E-state index contributed by atoms with van der Waals surface area (Å²) in [4.78, 5) is 0. The van der Waals surface area contributed by atoms with Crippen LogP contribution in [-0.4, -0.2) is 16.7 Å². The summed E-state index contributed by atoms with van der Waals surface area (Å²) in [7, 11) is 0. The SMILES string of the molecule is CCNc1nnc(-c2cc(F)ccc2F)c(C)c1C. The molecule has 100 valence electrons. The molecule has 1 aromatic heterocycles. The quantitative estimate of drug-likeness (QED) is 0.921. The second-order valence-electron chi connectivity index (χ2n) is 4.30. The highest BCUT2D eigenvalue weighted by molar-refractivity contribution is 5.67. The number of nitrogens with zero attached hydrogens (tertiary/aromatic N) is 2. The lowest BCUT2D eigenvalue weighted by Gasteiger charge is -2.12. The Morgan fingerprint density at radius 3 is 2.53 bits per heavy atom. The number of benzene rings is 1. The highest BCUT2D eigenvalue weighted by atomic mass is 19.1. The molecule has 0 radical (unpaired) electrons. The third-order valence-electron chi connectivity index (χ3n) is 3.05. The van der Waals surface area contributed by atoms with Crippen LogP contribution in [-0.2, 0) is 0 Å². The summed E-state index contributed by atoms with van der Waals surface area (Å²) in [5.41, 5.74) is 2.18. The van der Waals surface area contributed by atoms with Gasteiger partial charge in [0.1, 0.15) is 11.6 Å². The molecule has 5 heteroatoms. The minimum atomic E-state index is -0.505. The maximum absolute atomic E-state index is 13.8. The number of nitrogens with one attached hydrogen (secondary N) is 1. The third kappa shape index (κ3) is 2.54. The van der Waals surface area contributed by atoms with Gasteiger partial charge in [0.25, 0.3) is 0 Å². The van der Waals surface area contributed by atoms with Crippen molar-refractivity contribution in [1.82, 2.24) is 10.2 Å². The molecule has 1 N–H and O–H groups in total. The molecule has 2 rings (SSSR count). The normalized spacial score (nSPS) is 10.6.